The Hall–Kier alpha value is -1.69. The summed E-state index contributed by atoms with van der Waals surface area (Å²) >= 11 is 11.8. The van der Waals surface area contributed by atoms with Crippen molar-refractivity contribution in [2.24, 2.45) is 0 Å². The number of nitrogens with zero attached hydrogens (tertiary/aromatic N) is 1. The normalized spacial score (nSPS) is 9.89. The van der Waals surface area contributed by atoms with Crippen molar-refractivity contribution in [3.8, 4) is 6.07 Å². The number of benzene rings is 2. The molecule has 0 aliphatic heterocycles. The second-order valence-corrected chi connectivity index (χ2v) is 4.76. The monoisotopic (exact) mass is 276 g/mol. The fourth-order valence-corrected chi connectivity index (χ4v) is 1.94. The van der Waals surface area contributed by atoms with Gasteiger partial charge in [-0.3, -0.25) is 0 Å². The lowest BCUT2D eigenvalue weighted by Crippen LogP contribution is -1.95. The largest absolute Gasteiger partial charge is 0.354 e. The van der Waals surface area contributed by atoms with Crippen LogP contribution >= 0.6 is 23.2 Å². The number of aryl methyl sites for hydroxylation is 1. The van der Waals surface area contributed by atoms with E-state index in [9.17, 15) is 0 Å². The molecular formula is C14H10Cl2N2. The number of anilines is 2. The lowest BCUT2D eigenvalue weighted by atomic mass is 10.1. The van der Waals surface area contributed by atoms with Crippen LogP contribution in [0, 0.1) is 18.3 Å². The summed E-state index contributed by atoms with van der Waals surface area (Å²) in [6.07, 6.45) is 0. The summed E-state index contributed by atoms with van der Waals surface area (Å²) in [6, 6.07) is 12.8. The second-order valence-electron chi connectivity index (χ2n) is 3.89. The summed E-state index contributed by atoms with van der Waals surface area (Å²) in [6.45, 7) is 1.97. The van der Waals surface area contributed by atoms with E-state index in [1.807, 2.05) is 25.1 Å². The van der Waals surface area contributed by atoms with Crippen LogP contribution in [0.25, 0.3) is 0 Å². The van der Waals surface area contributed by atoms with Crippen molar-refractivity contribution >= 4 is 34.6 Å². The van der Waals surface area contributed by atoms with Gasteiger partial charge >= 0.3 is 0 Å². The summed E-state index contributed by atoms with van der Waals surface area (Å²) in [5.74, 6) is 0. The highest BCUT2D eigenvalue weighted by Crippen LogP contribution is 2.27. The van der Waals surface area contributed by atoms with Crippen LogP contribution in [0.3, 0.4) is 0 Å². The van der Waals surface area contributed by atoms with E-state index in [0.717, 1.165) is 11.3 Å². The highest BCUT2D eigenvalue weighted by atomic mass is 35.5. The fraction of sp³-hybridized carbons (Fsp3) is 0.0714. The van der Waals surface area contributed by atoms with Crippen LogP contribution in [0.4, 0.5) is 11.4 Å². The third-order valence-electron chi connectivity index (χ3n) is 2.57. The molecule has 0 unspecified atom stereocenters. The number of hydrogen-bond acceptors (Lipinski definition) is 2. The minimum atomic E-state index is 0.502. The van der Waals surface area contributed by atoms with Gasteiger partial charge in [-0.15, -0.1) is 0 Å². The first kappa shape index (κ1) is 12.8. The van der Waals surface area contributed by atoms with Gasteiger partial charge in [-0.25, -0.2) is 0 Å². The molecule has 0 saturated carbocycles. The van der Waals surface area contributed by atoms with Crippen LogP contribution in [0.2, 0.25) is 10.0 Å². The zero-order chi connectivity index (χ0) is 13.1. The van der Waals surface area contributed by atoms with Crippen molar-refractivity contribution in [2.75, 3.05) is 5.32 Å². The average Bonchev–Trinajstić information content (AvgIpc) is 2.36. The lowest BCUT2D eigenvalue weighted by Gasteiger charge is -2.11. The Morgan fingerprint density at radius 1 is 1.00 bits per heavy atom. The van der Waals surface area contributed by atoms with Gasteiger partial charge in [0.2, 0.25) is 0 Å². The van der Waals surface area contributed by atoms with Crippen molar-refractivity contribution in [1.82, 2.24) is 0 Å². The predicted molar refractivity (Wildman–Crippen MR) is 75.6 cm³/mol. The Balaban J connectivity index is 2.40. The first-order valence-corrected chi connectivity index (χ1v) is 6.08. The molecule has 0 aliphatic carbocycles. The van der Waals surface area contributed by atoms with Crippen LogP contribution in [0.1, 0.15) is 11.1 Å². The molecule has 2 nitrogen and oxygen atoms in total. The van der Waals surface area contributed by atoms with Gasteiger partial charge in [0, 0.05) is 15.7 Å². The van der Waals surface area contributed by atoms with E-state index in [1.54, 1.807) is 18.2 Å². The van der Waals surface area contributed by atoms with Crippen molar-refractivity contribution in [1.29, 1.82) is 5.26 Å². The highest BCUT2D eigenvalue weighted by molar-refractivity contribution is 6.31. The molecule has 90 valence electrons. The Kier molecular flexibility index (Phi) is 3.76. The molecule has 0 amide bonds. The SMILES string of the molecule is Cc1ccc(Cl)cc1Nc1ccc(Cl)cc1C#N. The maximum Gasteiger partial charge on any atom is 0.101 e. The molecule has 0 aromatic heterocycles. The third kappa shape index (κ3) is 2.76. The predicted octanol–water partition coefficient (Wildman–Crippen LogP) is 4.92. The molecule has 0 fully saturated rings. The molecule has 18 heavy (non-hydrogen) atoms. The Labute approximate surface area is 116 Å². The van der Waals surface area contributed by atoms with Gasteiger partial charge in [-0.05, 0) is 42.8 Å². The Morgan fingerprint density at radius 3 is 2.39 bits per heavy atom. The van der Waals surface area contributed by atoms with Crippen molar-refractivity contribution in [2.45, 2.75) is 6.92 Å². The quantitative estimate of drug-likeness (QED) is 0.845. The van der Waals surface area contributed by atoms with Gasteiger partial charge in [-0.1, -0.05) is 29.3 Å². The zero-order valence-corrected chi connectivity index (χ0v) is 11.2. The summed E-state index contributed by atoms with van der Waals surface area (Å²) in [7, 11) is 0. The van der Waals surface area contributed by atoms with Crippen molar-refractivity contribution in [3.63, 3.8) is 0 Å². The first-order valence-electron chi connectivity index (χ1n) is 5.33. The smallest absolute Gasteiger partial charge is 0.101 e. The molecule has 0 bridgehead atoms. The number of nitriles is 1. The summed E-state index contributed by atoms with van der Waals surface area (Å²) in [4.78, 5) is 0. The van der Waals surface area contributed by atoms with Crippen LogP contribution in [-0.2, 0) is 0 Å². The Bertz CT molecular complexity index is 630. The zero-order valence-electron chi connectivity index (χ0n) is 9.67. The van der Waals surface area contributed by atoms with Crippen molar-refractivity contribution < 1.29 is 0 Å². The maximum atomic E-state index is 9.07. The van der Waals surface area contributed by atoms with E-state index in [1.165, 1.54) is 0 Å². The number of halogens is 2. The Morgan fingerprint density at radius 2 is 1.67 bits per heavy atom. The summed E-state index contributed by atoms with van der Waals surface area (Å²) in [5, 5.41) is 13.5. The fourth-order valence-electron chi connectivity index (χ4n) is 1.59. The first-order chi connectivity index (χ1) is 8.60. The molecular weight excluding hydrogens is 267 g/mol. The summed E-state index contributed by atoms with van der Waals surface area (Å²) < 4.78 is 0. The van der Waals surface area contributed by atoms with Gasteiger partial charge in [0.25, 0.3) is 0 Å². The molecule has 0 aliphatic rings. The van der Waals surface area contributed by atoms with Gasteiger partial charge in [-0.2, -0.15) is 5.26 Å². The molecule has 4 heteroatoms. The minimum absolute atomic E-state index is 0.502. The second kappa shape index (κ2) is 5.30. The molecule has 1 N–H and O–H groups in total. The van der Waals surface area contributed by atoms with Crippen molar-refractivity contribution in [3.05, 3.63) is 57.6 Å². The van der Waals surface area contributed by atoms with E-state index in [2.05, 4.69) is 11.4 Å². The standard InChI is InChI=1S/C14H10Cl2N2/c1-9-2-3-12(16)7-14(9)18-13-5-4-11(15)6-10(13)8-17/h2-7,18H,1H3. The molecule has 2 aromatic carbocycles. The van der Waals surface area contributed by atoms with Gasteiger partial charge in [0.1, 0.15) is 6.07 Å². The molecule has 0 spiro atoms. The molecule has 0 radical (unpaired) electrons. The van der Waals surface area contributed by atoms with E-state index < -0.39 is 0 Å². The van der Waals surface area contributed by atoms with E-state index in [-0.39, 0.29) is 0 Å². The molecule has 2 rings (SSSR count). The molecule has 0 saturated heterocycles. The minimum Gasteiger partial charge on any atom is -0.354 e. The average molecular weight is 277 g/mol. The van der Waals surface area contributed by atoms with Gasteiger partial charge < -0.3 is 5.32 Å². The van der Waals surface area contributed by atoms with Crippen LogP contribution in [-0.4, -0.2) is 0 Å². The van der Waals surface area contributed by atoms with Crippen LogP contribution in [0.5, 0.6) is 0 Å². The number of rotatable bonds is 2. The molecule has 0 heterocycles. The number of hydrogen-bond donors (Lipinski definition) is 1. The molecule has 0 atom stereocenters. The molecule has 2 aromatic rings. The van der Waals surface area contributed by atoms with Crippen LogP contribution < -0.4 is 5.32 Å². The highest BCUT2D eigenvalue weighted by Gasteiger charge is 2.05. The van der Waals surface area contributed by atoms with Gasteiger partial charge in [0.15, 0.2) is 0 Å². The van der Waals surface area contributed by atoms with E-state index in [0.29, 0.717) is 21.3 Å². The van der Waals surface area contributed by atoms with Gasteiger partial charge in [0.05, 0.1) is 11.3 Å². The maximum absolute atomic E-state index is 9.07. The number of nitrogens with one attached hydrogen (secondary N) is 1. The van der Waals surface area contributed by atoms with Crippen LogP contribution in [0.15, 0.2) is 36.4 Å². The lowest BCUT2D eigenvalue weighted by molar-refractivity contribution is 1.41. The topological polar surface area (TPSA) is 35.8 Å². The summed E-state index contributed by atoms with van der Waals surface area (Å²) in [5.41, 5.74) is 3.15. The van der Waals surface area contributed by atoms with E-state index >= 15 is 0 Å². The van der Waals surface area contributed by atoms with E-state index in [4.69, 9.17) is 28.5 Å². The third-order valence-corrected chi connectivity index (χ3v) is 3.04.